The zero-order chi connectivity index (χ0) is 16.8. The van der Waals surface area contributed by atoms with E-state index >= 15 is 0 Å². The Balaban J connectivity index is 4.76. The largest absolute Gasteiger partial charge is 0.444 e. The van der Waals surface area contributed by atoms with E-state index in [-0.39, 0.29) is 6.61 Å². The highest BCUT2D eigenvalue weighted by Crippen LogP contribution is 2.10. The van der Waals surface area contributed by atoms with Crippen molar-refractivity contribution in [2.75, 3.05) is 6.61 Å². The van der Waals surface area contributed by atoms with Gasteiger partial charge in [0.2, 0.25) is 0 Å². The molecule has 0 aliphatic heterocycles. The van der Waals surface area contributed by atoms with Crippen LogP contribution in [-0.2, 0) is 23.8 Å². The molecule has 122 valence electrons. The average molecular weight is 303 g/mol. The first-order valence-electron chi connectivity index (χ1n) is 6.66. The van der Waals surface area contributed by atoms with Crippen molar-refractivity contribution in [3.63, 3.8) is 0 Å². The smallest absolute Gasteiger partial charge is 0.408 e. The number of carbonyl (C=O) groups excluding carboxylic acids is 3. The van der Waals surface area contributed by atoms with Gasteiger partial charge in [-0.05, 0) is 41.5 Å². The number of carbonyl (C=O) groups is 3. The number of nitrogens with one attached hydrogen (secondary N) is 1. The standard InChI is InChI=1S/C14H25NO6/c1-9(16)20-11(17)10(8-19-13(2,3)4)15-12(18)21-14(5,6)7/h10H,8H2,1-7H3,(H,15,18)/t10-/m0/s1. The Bertz CT molecular complexity index is 391. The van der Waals surface area contributed by atoms with Gasteiger partial charge < -0.3 is 19.5 Å². The maximum absolute atomic E-state index is 11.8. The summed E-state index contributed by atoms with van der Waals surface area (Å²) in [6.07, 6.45) is -0.787. The molecule has 0 unspecified atom stereocenters. The average Bonchev–Trinajstić information content (AvgIpc) is 2.18. The molecule has 0 fully saturated rings. The van der Waals surface area contributed by atoms with Gasteiger partial charge in [-0.2, -0.15) is 0 Å². The molecule has 0 bridgehead atoms. The molecule has 1 atom stereocenters. The topological polar surface area (TPSA) is 90.9 Å². The van der Waals surface area contributed by atoms with Crippen LogP contribution in [0, 0.1) is 0 Å². The first-order chi connectivity index (χ1) is 9.30. The molecule has 1 amide bonds. The lowest BCUT2D eigenvalue weighted by Crippen LogP contribution is -2.48. The molecule has 0 heterocycles. The fourth-order valence-electron chi connectivity index (χ4n) is 1.16. The van der Waals surface area contributed by atoms with E-state index in [4.69, 9.17) is 9.47 Å². The monoisotopic (exact) mass is 303 g/mol. The maximum atomic E-state index is 11.8. The Morgan fingerprint density at radius 1 is 1.00 bits per heavy atom. The summed E-state index contributed by atoms with van der Waals surface area (Å²) < 4.78 is 15.0. The Morgan fingerprint density at radius 2 is 1.52 bits per heavy atom. The van der Waals surface area contributed by atoms with E-state index in [1.807, 2.05) is 0 Å². The van der Waals surface area contributed by atoms with Gasteiger partial charge in [0.25, 0.3) is 0 Å². The molecule has 21 heavy (non-hydrogen) atoms. The number of alkyl carbamates (subject to hydrolysis) is 1. The van der Waals surface area contributed by atoms with E-state index in [1.54, 1.807) is 41.5 Å². The number of hydrogen-bond donors (Lipinski definition) is 1. The number of hydrogen-bond acceptors (Lipinski definition) is 6. The zero-order valence-corrected chi connectivity index (χ0v) is 13.7. The highest BCUT2D eigenvalue weighted by molar-refractivity contribution is 5.89. The molecule has 7 heteroatoms. The van der Waals surface area contributed by atoms with Crippen LogP contribution in [0.4, 0.5) is 4.79 Å². The molecule has 0 rings (SSSR count). The van der Waals surface area contributed by atoms with Crippen LogP contribution in [0.1, 0.15) is 48.5 Å². The quantitative estimate of drug-likeness (QED) is 0.629. The number of esters is 2. The van der Waals surface area contributed by atoms with Crippen LogP contribution in [0.5, 0.6) is 0 Å². The van der Waals surface area contributed by atoms with Gasteiger partial charge in [0.1, 0.15) is 5.60 Å². The van der Waals surface area contributed by atoms with Gasteiger partial charge in [-0.15, -0.1) is 0 Å². The lowest BCUT2D eigenvalue weighted by atomic mass is 10.2. The molecule has 0 aromatic rings. The van der Waals surface area contributed by atoms with Crippen molar-refractivity contribution in [2.45, 2.75) is 65.7 Å². The van der Waals surface area contributed by atoms with Crippen LogP contribution >= 0.6 is 0 Å². The second kappa shape index (κ2) is 7.40. The third kappa shape index (κ3) is 10.8. The molecule has 0 aromatic heterocycles. The molecule has 0 aliphatic carbocycles. The van der Waals surface area contributed by atoms with Crippen molar-refractivity contribution in [1.82, 2.24) is 5.32 Å². The first kappa shape index (κ1) is 19.4. The van der Waals surface area contributed by atoms with Crippen LogP contribution in [0.25, 0.3) is 0 Å². The zero-order valence-electron chi connectivity index (χ0n) is 13.7. The SMILES string of the molecule is CC(=O)OC(=O)[C@H](COC(C)(C)C)NC(=O)OC(C)(C)C. The number of ether oxygens (including phenoxy) is 3. The predicted octanol–water partition coefficient (Wildman–Crippen LogP) is 1.78. The molecule has 0 saturated heterocycles. The lowest BCUT2D eigenvalue weighted by molar-refractivity contribution is -0.161. The van der Waals surface area contributed by atoms with Crippen molar-refractivity contribution in [3.8, 4) is 0 Å². The van der Waals surface area contributed by atoms with Gasteiger partial charge in [-0.3, -0.25) is 4.79 Å². The maximum Gasteiger partial charge on any atom is 0.408 e. The Kier molecular flexibility index (Phi) is 6.82. The molecule has 0 spiro atoms. The molecule has 0 aromatic carbocycles. The minimum absolute atomic E-state index is 0.130. The van der Waals surface area contributed by atoms with Gasteiger partial charge >= 0.3 is 18.0 Å². The van der Waals surface area contributed by atoms with Crippen molar-refractivity contribution >= 4 is 18.0 Å². The van der Waals surface area contributed by atoms with Crippen molar-refractivity contribution in [1.29, 1.82) is 0 Å². The molecule has 0 aliphatic rings. The summed E-state index contributed by atoms with van der Waals surface area (Å²) in [7, 11) is 0. The van der Waals surface area contributed by atoms with E-state index < -0.39 is 35.3 Å². The summed E-state index contributed by atoms with van der Waals surface area (Å²) in [6.45, 7) is 11.5. The van der Waals surface area contributed by atoms with Crippen LogP contribution in [0.3, 0.4) is 0 Å². The first-order valence-corrected chi connectivity index (χ1v) is 6.66. The van der Waals surface area contributed by atoms with Gasteiger partial charge in [-0.1, -0.05) is 0 Å². The van der Waals surface area contributed by atoms with Crippen LogP contribution < -0.4 is 5.32 Å². The van der Waals surface area contributed by atoms with E-state index in [1.165, 1.54) is 0 Å². The van der Waals surface area contributed by atoms with Crippen molar-refractivity contribution in [2.24, 2.45) is 0 Å². The van der Waals surface area contributed by atoms with E-state index in [2.05, 4.69) is 10.1 Å². The minimum atomic E-state index is -1.12. The number of amides is 1. The van der Waals surface area contributed by atoms with Gasteiger partial charge in [0.15, 0.2) is 6.04 Å². The second-order valence-electron chi connectivity index (χ2n) is 6.53. The second-order valence-corrected chi connectivity index (χ2v) is 6.53. The van der Waals surface area contributed by atoms with Gasteiger partial charge in [0, 0.05) is 6.92 Å². The molecular weight excluding hydrogens is 278 g/mol. The summed E-state index contributed by atoms with van der Waals surface area (Å²) in [4.78, 5) is 34.3. The van der Waals surface area contributed by atoms with Crippen LogP contribution in [0.2, 0.25) is 0 Å². The Morgan fingerprint density at radius 3 is 1.90 bits per heavy atom. The summed E-state index contributed by atoms with van der Waals surface area (Å²) in [6, 6.07) is -1.12. The van der Waals surface area contributed by atoms with Crippen LogP contribution in [0.15, 0.2) is 0 Å². The molecule has 0 saturated carbocycles. The molecule has 0 radical (unpaired) electrons. The van der Waals surface area contributed by atoms with Crippen LogP contribution in [-0.4, -0.2) is 41.9 Å². The number of rotatable bonds is 4. The third-order valence-corrected chi connectivity index (χ3v) is 1.90. The third-order valence-electron chi connectivity index (χ3n) is 1.90. The Hall–Kier alpha value is -1.63. The summed E-state index contributed by atoms with van der Waals surface area (Å²) in [5.41, 5.74) is -1.21. The lowest BCUT2D eigenvalue weighted by Gasteiger charge is -2.25. The summed E-state index contributed by atoms with van der Waals surface area (Å²) in [5.74, 6) is -1.65. The van der Waals surface area contributed by atoms with Gasteiger partial charge in [0.05, 0.1) is 12.2 Å². The summed E-state index contributed by atoms with van der Waals surface area (Å²) >= 11 is 0. The minimum Gasteiger partial charge on any atom is -0.444 e. The van der Waals surface area contributed by atoms with E-state index in [0.717, 1.165) is 6.92 Å². The van der Waals surface area contributed by atoms with E-state index in [9.17, 15) is 14.4 Å². The van der Waals surface area contributed by atoms with E-state index in [0.29, 0.717) is 0 Å². The summed E-state index contributed by atoms with van der Waals surface area (Å²) in [5, 5.41) is 2.34. The van der Waals surface area contributed by atoms with Crippen molar-refractivity contribution < 1.29 is 28.6 Å². The van der Waals surface area contributed by atoms with Gasteiger partial charge in [-0.25, -0.2) is 9.59 Å². The van der Waals surface area contributed by atoms with Crippen molar-refractivity contribution in [3.05, 3.63) is 0 Å². The highest BCUT2D eigenvalue weighted by Gasteiger charge is 2.28. The molecule has 1 N–H and O–H groups in total. The fraction of sp³-hybridized carbons (Fsp3) is 0.786. The normalized spacial score (nSPS) is 13.3. The molecular formula is C14H25NO6. The molecule has 7 nitrogen and oxygen atoms in total. The predicted molar refractivity (Wildman–Crippen MR) is 75.6 cm³/mol. The Labute approximate surface area is 125 Å². The fourth-order valence-corrected chi connectivity index (χ4v) is 1.16. The highest BCUT2D eigenvalue weighted by atomic mass is 16.6.